The summed E-state index contributed by atoms with van der Waals surface area (Å²) in [5, 5.41) is 13.5. The third kappa shape index (κ3) is 5.08. The summed E-state index contributed by atoms with van der Waals surface area (Å²) in [5.74, 6) is 1.60. The molecule has 0 spiro atoms. The van der Waals surface area contributed by atoms with E-state index in [4.69, 9.17) is 4.52 Å². The van der Waals surface area contributed by atoms with Crippen molar-refractivity contribution in [2.45, 2.75) is 25.3 Å². The van der Waals surface area contributed by atoms with Gasteiger partial charge in [0.25, 0.3) is 0 Å². The number of hydrogen-bond acceptors (Lipinski definition) is 7. The highest BCUT2D eigenvalue weighted by atomic mass is 16.5. The average Bonchev–Trinajstić information content (AvgIpc) is 3.49. The van der Waals surface area contributed by atoms with E-state index in [1.54, 1.807) is 18.6 Å². The van der Waals surface area contributed by atoms with Gasteiger partial charge in [-0.1, -0.05) is 59.8 Å². The molecule has 1 saturated heterocycles. The Morgan fingerprint density at radius 2 is 1.68 bits per heavy atom. The third-order valence-corrected chi connectivity index (χ3v) is 7.03. The van der Waals surface area contributed by atoms with Crippen molar-refractivity contribution in [3.63, 3.8) is 0 Å². The first-order chi connectivity index (χ1) is 18.8. The molecule has 2 aromatic carbocycles. The number of hydrogen-bond donors (Lipinski definition) is 0. The standard InChI is InChI=1S/C31H26N6O/c32-18-23-17-28(24-5-2-1-3-6-24)29(34-19-23)25-10-8-22(9-11-25)21-37-15-12-26(13-16-37)31-35-30(36-38-31)27-7-4-14-33-20-27/h1-11,14,17,19-20,26H,12-13,15-16,21H2. The molecule has 6 rings (SSSR count). The largest absolute Gasteiger partial charge is 0.339 e. The first-order valence-electron chi connectivity index (χ1n) is 12.8. The molecule has 0 radical (unpaired) electrons. The summed E-state index contributed by atoms with van der Waals surface area (Å²) in [6.07, 6.45) is 7.11. The van der Waals surface area contributed by atoms with Crippen molar-refractivity contribution in [3.05, 3.63) is 108 Å². The Labute approximate surface area is 221 Å². The van der Waals surface area contributed by atoms with Gasteiger partial charge < -0.3 is 4.52 Å². The van der Waals surface area contributed by atoms with Crippen molar-refractivity contribution in [1.82, 2.24) is 25.0 Å². The molecule has 4 heterocycles. The lowest BCUT2D eigenvalue weighted by Crippen LogP contribution is -2.32. The van der Waals surface area contributed by atoms with Gasteiger partial charge in [-0.15, -0.1) is 0 Å². The van der Waals surface area contributed by atoms with Crippen LogP contribution in [0.3, 0.4) is 0 Å². The quantitative estimate of drug-likeness (QED) is 0.279. The normalized spacial score (nSPS) is 14.3. The van der Waals surface area contributed by atoms with Gasteiger partial charge in [0.2, 0.25) is 11.7 Å². The van der Waals surface area contributed by atoms with Gasteiger partial charge >= 0.3 is 0 Å². The van der Waals surface area contributed by atoms with Crippen LogP contribution in [-0.4, -0.2) is 38.1 Å². The highest BCUT2D eigenvalue weighted by molar-refractivity contribution is 5.81. The van der Waals surface area contributed by atoms with Crippen LogP contribution in [0.1, 0.15) is 35.8 Å². The lowest BCUT2D eigenvalue weighted by molar-refractivity contribution is 0.187. The Kier molecular flexibility index (Phi) is 6.71. The van der Waals surface area contributed by atoms with Crippen LogP contribution < -0.4 is 0 Å². The van der Waals surface area contributed by atoms with Crippen molar-refractivity contribution in [1.29, 1.82) is 5.26 Å². The molecule has 5 aromatic rings. The van der Waals surface area contributed by atoms with E-state index < -0.39 is 0 Å². The second-order valence-electron chi connectivity index (χ2n) is 9.54. The van der Waals surface area contributed by atoms with Crippen molar-refractivity contribution in [2.24, 2.45) is 0 Å². The number of benzene rings is 2. The summed E-state index contributed by atoms with van der Waals surface area (Å²) >= 11 is 0. The zero-order valence-corrected chi connectivity index (χ0v) is 20.9. The number of aromatic nitrogens is 4. The number of likely N-dealkylation sites (tertiary alicyclic amines) is 1. The van der Waals surface area contributed by atoms with Gasteiger partial charge in [0.05, 0.1) is 11.3 Å². The number of nitrogens with zero attached hydrogens (tertiary/aromatic N) is 6. The molecule has 3 aromatic heterocycles. The first kappa shape index (κ1) is 23.7. The maximum Gasteiger partial charge on any atom is 0.230 e. The van der Waals surface area contributed by atoms with Crippen LogP contribution in [0.5, 0.6) is 0 Å². The minimum Gasteiger partial charge on any atom is -0.339 e. The van der Waals surface area contributed by atoms with Gasteiger partial charge in [0.1, 0.15) is 6.07 Å². The summed E-state index contributed by atoms with van der Waals surface area (Å²) < 4.78 is 5.59. The molecule has 0 saturated carbocycles. The lowest BCUT2D eigenvalue weighted by Gasteiger charge is -2.30. The Hall–Kier alpha value is -4.67. The molecule has 1 aliphatic rings. The topological polar surface area (TPSA) is 91.7 Å². The number of pyridine rings is 2. The molecule has 0 bridgehead atoms. The molecule has 38 heavy (non-hydrogen) atoms. The molecule has 7 heteroatoms. The second kappa shape index (κ2) is 10.8. The Balaban J connectivity index is 1.11. The third-order valence-electron chi connectivity index (χ3n) is 7.03. The fourth-order valence-electron chi connectivity index (χ4n) is 4.97. The number of nitriles is 1. The molecule has 186 valence electrons. The van der Waals surface area contributed by atoms with Crippen LogP contribution in [0.15, 0.2) is 95.9 Å². The van der Waals surface area contributed by atoms with Crippen LogP contribution >= 0.6 is 0 Å². The van der Waals surface area contributed by atoms with Crippen LogP contribution in [0.2, 0.25) is 0 Å². The van der Waals surface area contributed by atoms with E-state index in [0.29, 0.717) is 11.4 Å². The van der Waals surface area contributed by atoms with E-state index in [1.807, 2.05) is 48.5 Å². The van der Waals surface area contributed by atoms with Gasteiger partial charge in [-0.25, -0.2) is 0 Å². The minimum absolute atomic E-state index is 0.283. The van der Waals surface area contributed by atoms with E-state index in [1.165, 1.54) is 5.56 Å². The van der Waals surface area contributed by atoms with Crippen molar-refractivity contribution >= 4 is 0 Å². The molecule has 0 unspecified atom stereocenters. The minimum atomic E-state index is 0.283. The average molecular weight is 499 g/mol. The van der Waals surface area contributed by atoms with Crippen molar-refractivity contribution < 1.29 is 4.52 Å². The molecule has 7 nitrogen and oxygen atoms in total. The molecule has 0 atom stereocenters. The lowest BCUT2D eigenvalue weighted by atomic mass is 9.95. The van der Waals surface area contributed by atoms with Crippen LogP contribution in [0, 0.1) is 11.3 Å². The number of rotatable bonds is 6. The molecule has 0 aliphatic carbocycles. The summed E-state index contributed by atoms with van der Waals surface area (Å²) in [4.78, 5) is 15.9. The summed E-state index contributed by atoms with van der Waals surface area (Å²) in [5.41, 5.74) is 6.63. The van der Waals surface area contributed by atoms with Crippen LogP contribution in [-0.2, 0) is 6.54 Å². The maximum atomic E-state index is 9.38. The monoisotopic (exact) mass is 498 g/mol. The summed E-state index contributed by atoms with van der Waals surface area (Å²) in [7, 11) is 0. The predicted octanol–water partition coefficient (Wildman–Crippen LogP) is 6.11. The van der Waals surface area contributed by atoms with Gasteiger partial charge in [-0.05, 0) is 55.3 Å². The maximum absolute atomic E-state index is 9.38. The zero-order valence-electron chi connectivity index (χ0n) is 20.9. The molecular formula is C31H26N6O. The zero-order chi connectivity index (χ0) is 25.7. The number of piperidine rings is 1. The van der Waals surface area contributed by atoms with Gasteiger partial charge in [-0.2, -0.15) is 10.2 Å². The highest BCUT2D eigenvalue weighted by Crippen LogP contribution is 2.32. The molecular weight excluding hydrogens is 472 g/mol. The van der Waals surface area contributed by atoms with Gasteiger partial charge in [-0.3, -0.25) is 14.9 Å². The fourth-order valence-corrected chi connectivity index (χ4v) is 4.97. The Morgan fingerprint density at radius 3 is 2.42 bits per heavy atom. The van der Waals surface area contributed by atoms with E-state index in [0.717, 1.165) is 66.3 Å². The highest BCUT2D eigenvalue weighted by Gasteiger charge is 2.25. The molecule has 1 fully saturated rings. The smallest absolute Gasteiger partial charge is 0.230 e. The fraction of sp³-hybridized carbons (Fsp3) is 0.194. The molecule has 0 N–H and O–H groups in total. The van der Waals surface area contributed by atoms with Gasteiger partial charge in [0.15, 0.2) is 0 Å². The Morgan fingerprint density at radius 1 is 0.895 bits per heavy atom. The summed E-state index contributed by atoms with van der Waals surface area (Å²) in [6.45, 7) is 2.85. The van der Waals surface area contributed by atoms with E-state index in [2.05, 4.69) is 55.3 Å². The summed E-state index contributed by atoms with van der Waals surface area (Å²) in [6, 6.07) is 26.6. The second-order valence-corrected chi connectivity index (χ2v) is 9.54. The van der Waals surface area contributed by atoms with Crippen LogP contribution in [0.25, 0.3) is 33.8 Å². The van der Waals surface area contributed by atoms with Crippen molar-refractivity contribution in [2.75, 3.05) is 13.1 Å². The van der Waals surface area contributed by atoms with E-state index in [-0.39, 0.29) is 5.92 Å². The SMILES string of the molecule is N#Cc1cnc(-c2ccc(CN3CCC(c4nc(-c5cccnc5)no4)CC3)cc2)c(-c2ccccc2)c1. The Bertz CT molecular complexity index is 1550. The van der Waals surface area contributed by atoms with Crippen molar-refractivity contribution in [3.8, 4) is 39.8 Å². The van der Waals surface area contributed by atoms with Crippen LogP contribution in [0.4, 0.5) is 0 Å². The van der Waals surface area contributed by atoms with E-state index in [9.17, 15) is 5.26 Å². The molecule has 0 amide bonds. The predicted molar refractivity (Wildman–Crippen MR) is 145 cm³/mol. The van der Waals surface area contributed by atoms with E-state index >= 15 is 0 Å². The first-order valence-corrected chi connectivity index (χ1v) is 12.8. The molecule has 1 aliphatic heterocycles. The van der Waals surface area contributed by atoms with Gasteiger partial charge in [0, 0.05) is 47.7 Å².